The minimum atomic E-state index is -0.135. The lowest BCUT2D eigenvalue weighted by atomic mass is 10.3. The van der Waals surface area contributed by atoms with Crippen molar-refractivity contribution in [1.29, 1.82) is 0 Å². The number of hydrogen-bond acceptors (Lipinski definition) is 3. The number of aromatic nitrogens is 3. The van der Waals surface area contributed by atoms with Crippen molar-refractivity contribution in [3.05, 3.63) is 48.0 Å². The molecule has 16 heavy (non-hydrogen) atoms. The Balaban J connectivity index is 1.97. The number of pyridine rings is 1. The molecule has 5 heteroatoms. The highest BCUT2D eigenvalue weighted by Crippen LogP contribution is 1.98. The highest BCUT2D eigenvalue weighted by molar-refractivity contribution is 5.92. The standard InChI is InChI=1S/C11H12N4O/c1-15-10(4-6-14-15)11(16)13-8-9-3-2-5-12-7-9/h2-7H,8H2,1H3,(H,13,16). The summed E-state index contributed by atoms with van der Waals surface area (Å²) < 4.78 is 1.54. The molecule has 0 spiro atoms. The lowest BCUT2D eigenvalue weighted by molar-refractivity contribution is 0.0941. The van der Waals surface area contributed by atoms with Crippen LogP contribution in [0.2, 0.25) is 0 Å². The van der Waals surface area contributed by atoms with Crippen molar-refractivity contribution in [2.45, 2.75) is 6.54 Å². The molecule has 0 fully saturated rings. The maximum Gasteiger partial charge on any atom is 0.269 e. The van der Waals surface area contributed by atoms with Gasteiger partial charge in [0.2, 0.25) is 0 Å². The average Bonchev–Trinajstić information content (AvgIpc) is 2.74. The molecule has 2 aromatic heterocycles. The van der Waals surface area contributed by atoms with Crippen LogP contribution in [0.25, 0.3) is 0 Å². The molecular weight excluding hydrogens is 204 g/mol. The minimum Gasteiger partial charge on any atom is -0.347 e. The molecule has 5 nitrogen and oxygen atoms in total. The summed E-state index contributed by atoms with van der Waals surface area (Å²) in [5.41, 5.74) is 1.52. The summed E-state index contributed by atoms with van der Waals surface area (Å²) in [5, 5.41) is 6.74. The number of aryl methyl sites for hydroxylation is 1. The largest absolute Gasteiger partial charge is 0.347 e. The van der Waals surface area contributed by atoms with Crippen molar-refractivity contribution in [2.24, 2.45) is 7.05 Å². The van der Waals surface area contributed by atoms with Crippen molar-refractivity contribution < 1.29 is 4.79 Å². The molecule has 0 aromatic carbocycles. The van der Waals surface area contributed by atoms with Crippen LogP contribution >= 0.6 is 0 Å². The first-order valence-electron chi connectivity index (χ1n) is 4.92. The summed E-state index contributed by atoms with van der Waals surface area (Å²) in [6.45, 7) is 0.470. The molecule has 2 heterocycles. The van der Waals surface area contributed by atoms with Gasteiger partial charge in [0, 0.05) is 32.2 Å². The van der Waals surface area contributed by atoms with Crippen molar-refractivity contribution in [2.75, 3.05) is 0 Å². The highest BCUT2D eigenvalue weighted by Gasteiger charge is 2.08. The molecule has 82 valence electrons. The molecule has 2 aromatic rings. The van der Waals surface area contributed by atoms with Crippen molar-refractivity contribution in [3.8, 4) is 0 Å². The van der Waals surface area contributed by atoms with Gasteiger partial charge in [-0.1, -0.05) is 6.07 Å². The summed E-state index contributed by atoms with van der Waals surface area (Å²) in [6, 6.07) is 5.43. The maximum atomic E-state index is 11.7. The van der Waals surface area contributed by atoms with Crippen molar-refractivity contribution >= 4 is 5.91 Å². The van der Waals surface area contributed by atoms with Crippen molar-refractivity contribution in [3.63, 3.8) is 0 Å². The third-order valence-electron chi connectivity index (χ3n) is 2.23. The zero-order valence-corrected chi connectivity index (χ0v) is 8.92. The van der Waals surface area contributed by atoms with E-state index in [4.69, 9.17) is 0 Å². The number of amides is 1. The van der Waals surface area contributed by atoms with E-state index in [0.717, 1.165) is 5.56 Å². The summed E-state index contributed by atoms with van der Waals surface area (Å²) in [4.78, 5) is 15.7. The second-order valence-electron chi connectivity index (χ2n) is 3.38. The highest BCUT2D eigenvalue weighted by atomic mass is 16.2. The van der Waals surface area contributed by atoms with Crippen LogP contribution in [-0.4, -0.2) is 20.7 Å². The first-order chi connectivity index (χ1) is 7.77. The number of carbonyl (C=O) groups excluding carboxylic acids is 1. The fraction of sp³-hybridized carbons (Fsp3) is 0.182. The van der Waals surface area contributed by atoms with Crippen molar-refractivity contribution in [1.82, 2.24) is 20.1 Å². The molecule has 1 N–H and O–H groups in total. The average molecular weight is 216 g/mol. The minimum absolute atomic E-state index is 0.135. The topological polar surface area (TPSA) is 59.8 Å². The van der Waals surface area contributed by atoms with Gasteiger partial charge in [-0.2, -0.15) is 5.10 Å². The summed E-state index contributed by atoms with van der Waals surface area (Å²) >= 11 is 0. The van der Waals surface area contributed by atoms with E-state index in [0.29, 0.717) is 12.2 Å². The first-order valence-corrected chi connectivity index (χ1v) is 4.92. The van der Waals surface area contributed by atoms with Gasteiger partial charge >= 0.3 is 0 Å². The Hall–Kier alpha value is -2.17. The molecule has 0 unspecified atom stereocenters. The Bertz CT molecular complexity index is 478. The Morgan fingerprint density at radius 2 is 2.31 bits per heavy atom. The molecule has 0 aliphatic carbocycles. The van der Waals surface area contributed by atoms with Gasteiger partial charge in [-0.3, -0.25) is 14.5 Å². The van der Waals surface area contributed by atoms with Crippen LogP contribution in [-0.2, 0) is 13.6 Å². The summed E-state index contributed by atoms with van der Waals surface area (Å²) in [6.07, 6.45) is 5.02. The molecule has 0 saturated heterocycles. The van der Waals surface area contributed by atoms with Gasteiger partial charge in [0.05, 0.1) is 0 Å². The number of nitrogens with one attached hydrogen (secondary N) is 1. The lowest BCUT2D eigenvalue weighted by Gasteiger charge is -2.04. The molecule has 0 aliphatic rings. The predicted octanol–water partition coefficient (Wildman–Crippen LogP) is 0.745. The number of carbonyl (C=O) groups is 1. The molecular formula is C11H12N4O. The first kappa shape index (κ1) is 10.4. The van der Waals surface area contributed by atoms with Gasteiger partial charge in [-0.15, -0.1) is 0 Å². The quantitative estimate of drug-likeness (QED) is 0.823. The molecule has 0 saturated carbocycles. The summed E-state index contributed by atoms with van der Waals surface area (Å²) in [5.74, 6) is -0.135. The SMILES string of the molecule is Cn1nccc1C(=O)NCc1cccnc1. The fourth-order valence-electron chi connectivity index (χ4n) is 1.37. The van der Waals surface area contributed by atoms with Crippen LogP contribution in [0.4, 0.5) is 0 Å². The van der Waals surface area contributed by atoms with E-state index in [-0.39, 0.29) is 5.91 Å². The summed E-state index contributed by atoms with van der Waals surface area (Å²) in [7, 11) is 1.74. The zero-order valence-electron chi connectivity index (χ0n) is 8.92. The Morgan fingerprint density at radius 1 is 1.44 bits per heavy atom. The maximum absolute atomic E-state index is 11.7. The van der Waals surface area contributed by atoms with E-state index >= 15 is 0 Å². The van der Waals surface area contributed by atoms with Gasteiger partial charge < -0.3 is 5.32 Å². The second kappa shape index (κ2) is 4.57. The Kier molecular flexibility index (Phi) is 2.95. The molecule has 2 rings (SSSR count). The monoisotopic (exact) mass is 216 g/mol. The number of hydrogen-bond donors (Lipinski definition) is 1. The van der Waals surface area contributed by atoms with E-state index < -0.39 is 0 Å². The molecule has 0 radical (unpaired) electrons. The molecule has 1 amide bonds. The van der Waals surface area contributed by atoms with Crippen LogP contribution in [0.15, 0.2) is 36.8 Å². The second-order valence-corrected chi connectivity index (χ2v) is 3.38. The third kappa shape index (κ3) is 2.25. The molecule has 0 aliphatic heterocycles. The fourth-order valence-corrected chi connectivity index (χ4v) is 1.37. The van der Waals surface area contributed by atoms with Gasteiger partial charge in [-0.05, 0) is 17.7 Å². The molecule has 0 atom stereocenters. The van der Waals surface area contributed by atoms with Gasteiger partial charge in [0.1, 0.15) is 5.69 Å². The van der Waals surface area contributed by atoms with Crippen LogP contribution in [0.1, 0.15) is 16.1 Å². The van der Waals surface area contributed by atoms with Crippen LogP contribution < -0.4 is 5.32 Å². The van der Waals surface area contributed by atoms with E-state index in [1.807, 2.05) is 12.1 Å². The number of rotatable bonds is 3. The molecule has 0 bridgehead atoms. The van der Waals surface area contributed by atoms with E-state index in [2.05, 4.69) is 15.4 Å². The van der Waals surface area contributed by atoms with E-state index in [9.17, 15) is 4.79 Å². The number of nitrogens with zero attached hydrogens (tertiary/aromatic N) is 3. The van der Waals surface area contributed by atoms with Gasteiger partial charge in [0.15, 0.2) is 0 Å². The van der Waals surface area contributed by atoms with Crippen LogP contribution in [0.3, 0.4) is 0 Å². The van der Waals surface area contributed by atoms with E-state index in [1.165, 1.54) is 0 Å². The van der Waals surface area contributed by atoms with Crippen LogP contribution in [0, 0.1) is 0 Å². The van der Waals surface area contributed by atoms with Gasteiger partial charge in [-0.25, -0.2) is 0 Å². The third-order valence-corrected chi connectivity index (χ3v) is 2.23. The predicted molar refractivity (Wildman–Crippen MR) is 58.6 cm³/mol. The Morgan fingerprint density at radius 3 is 2.94 bits per heavy atom. The smallest absolute Gasteiger partial charge is 0.269 e. The normalized spacial score (nSPS) is 10.1. The Labute approximate surface area is 93.1 Å². The zero-order chi connectivity index (χ0) is 11.4. The van der Waals surface area contributed by atoms with Gasteiger partial charge in [0.25, 0.3) is 5.91 Å². The van der Waals surface area contributed by atoms with E-state index in [1.54, 1.807) is 36.4 Å². The van der Waals surface area contributed by atoms with Crippen LogP contribution in [0.5, 0.6) is 0 Å². The lowest BCUT2D eigenvalue weighted by Crippen LogP contribution is -2.25.